The lowest BCUT2D eigenvalue weighted by atomic mass is 9.71. The van der Waals surface area contributed by atoms with Crippen molar-refractivity contribution in [2.75, 3.05) is 13.2 Å². The van der Waals surface area contributed by atoms with Gasteiger partial charge in [-0.1, -0.05) is 13.8 Å². The molecule has 1 atom stereocenters. The lowest BCUT2D eigenvalue weighted by molar-refractivity contribution is -0.143. The molecule has 2 rings (SSSR count). The molecule has 0 aromatic heterocycles. The van der Waals surface area contributed by atoms with Gasteiger partial charge in [-0.2, -0.15) is 0 Å². The van der Waals surface area contributed by atoms with E-state index in [1.165, 1.54) is 45.1 Å². The van der Waals surface area contributed by atoms with E-state index in [0.717, 1.165) is 12.5 Å². The highest BCUT2D eigenvalue weighted by molar-refractivity contribution is 4.93. The summed E-state index contributed by atoms with van der Waals surface area (Å²) in [5.41, 5.74) is 0.334. The van der Waals surface area contributed by atoms with Crippen LogP contribution in [0.3, 0.4) is 0 Å². The van der Waals surface area contributed by atoms with Crippen LogP contribution in [0.4, 0.5) is 0 Å². The quantitative estimate of drug-likeness (QED) is 0.772. The Morgan fingerprint density at radius 3 is 2.80 bits per heavy atom. The molecule has 1 saturated carbocycles. The summed E-state index contributed by atoms with van der Waals surface area (Å²) in [5, 5.41) is 3.52. The number of hydrogen-bond donors (Lipinski definition) is 1. The van der Waals surface area contributed by atoms with E-state index < -0.39 is 0 Å². The normalized spacial score (nSPS) is 29.4. The molecule has 1 heterocycles. The molecular weight excluding hydrogens is 186 g/mol. The van der Waals surface area contributed by atoms with Crippen LogP contribution in [0.5, 0.6) is 0 Å². The molecule has 0 amide bonds. The molecule has 2 nitrogen and oxygen atoms in total. The Bertz CT molecular complexity index is 199. The molecule has 0 bridgehead atoms. The van der Waals surface area contributed by atoms with Crippen molar-refractivity contribution >= 4 is 0 Å². The molecule has 0 aromatic carbocycles. The Kier molecular flexibility index (Phi) is 3.68. The Morgan fingerprint density at radius 2 is 2.20 bits per heavy atom. The fourth-order valence-corrected chi connectivity index (χ4v) is 2.87. The van der Waals surface area contributed by atoms with E-state index >= 15 is 0 Å². The summed E-state index contributed by atoms with van der Waals surface area (Å²) in [5.74, 6) is 0.908. The predicted octanol–water partition coefficient (Wildman–Crippen LogP) is 2.72. The van der Waals surface area contributed by atoms with Gasteiger partial charge in [-0.15, -0.1) is 0 Å². The first-order valence-electron chi connectivity index (χ1n) is 6.58. The Labute approximate surface area is 93.8 Å². The summed E-state index contributed by atoms with van der Waals surface area (Å²) >= 11 is 0. The molecule has 88 valence electrons. The molecule has 1 N–H and O–H groups in total. The third-order valence-corrected chi connectivity index (χ3v) is 3.96. The number of ether oxygens (including phenoxy) is 1. The van der Waals surface area contributed by atoms with Crippen LogP contribution < -0.4 is 5.32 Å². The molecule has 1 saturated heterocycles. The minimum Gasteiger partial charge on any atom is -0.375 e. The average Bonchev–Trinajstić information content (AvgIpc) is 2.15. The van der Waals surface area contributed by atoms with Gasteiger partial charge in [0.05, 0.1) is 5.60 Å². The summed E-state index contributed by atoms with van der Waals surface area (Å²) in [7, 11) is 0. The highest BCUT2D eigenvalue weighted by Crippen LogP contribution is 2.44. The molecular formula is C13H25NO. The number of rotatable bonds is 4. The first kappa shape index (κ1) is 11.4. The van der Waals surface area contributed by atoms with E-state index in [9.17, 15) is 0 Å². The van der Waals surface area contributed by atoms with E-state index in [2.05, 4.69) is 19.2 Å². The zero-order valence-electron chi connectivity index (χ0n) is 10.2. The second-order valence-electron chi connectivity index (χ2n) is 5.64. The summed E-state index contributed by atoms with van der Waals surface area (Å²) in [6.45, 7) is 6.62. The number of hydrogen-bond acceptors (Lipinski definition) is 2. The van der Waals surface area contributed by atoms with E-state index in [0.29, 0.717) is 11.6 Å². The van der Waals surface area contributed by atoms with Gasteiger partial charge in [0.25, 0.3) is 0 Å². The smallest absolute Gasteiger partial charge is 0.0685 e. The third kappa shape index (κ3) is 2.94. The molecule has 0 radical (unpaired) electrons. The maximum Gasteiger partial charge on any atom is 0.0685 e. The van der Waals surface area contributed by atoms with Gasteiger partial charge in [0, 0.05) is 12.6 Å². The van der Waals surface area contributed by atoms with Gasteiger partial charge in [0.15, 0.2) is 0 Å². The van der Waals surface area contributed by atoms with E-state index in [4.69, 9.17) is 4.74 Å². The van der Waals surface area contributed by atoms with Crippen molar-refractivity contribution in [3.63, 3.8) is 0 Å². The molecule has 0 aromatic rings. The highest BCUT2D eigenvalue weighted by Gasteiger charge is 2.42. The van der Waals surface area contributed by atoms with Crippen LogP contribution in [0, 0.1) is 5.92 Å². The van der Waals surface area contributed by atoms with Crippen molar-refractivity contribution in [1.29, 1.82) is 0 Å². The van der Waals surface area contributed by atoms with Crippen LogP contribution in [0.25, 0.3) is 0 Å². The fourth-order valence-electron chi connectivity index (χ4n) is 2.87. The fraction of sp³-hybridized carbons (Fsp3) is 1.00. The van der Waals surface area contributed by atoms with E-state index in [1.807, 2.05) is 0 Å². The van der Waals surface area contributed by atoms with Crippen LogP contribution in [-0.2, 0) is 4.74 Å². The van der Waals surface area contributed by atoms with Crippen molar-refractivity contribution in [2.45, 2.75) is 64.0 Å². The van der Waals surface area contributed by atoms with Gasteiger partial charge >= 0.3 is 0 Å². The molecule has 15 heavy (non-hydrogen) atoms. The summed E-state index contributed by atoms with van der Waals surface area (Å²) in [4.78, 5) is 0. The Balaban J connectivity index is 1.69. The van der Waals surface area contributed by atoms with Crippen LogP contribution in [0.1, 0.15) is 52.4 Å². The van der Waals surface area contributed by atoms with Gasteiger partial charge in [-0.05, 0) is 51.0 Å². The Morgan fingerprint density at radius 1 is 1.40 bits per heavy atom. The largest absolute Gasteiger partial charge is 0.375 e. The van der Waals surface area contributed by atoms with Gasteiger partial charge in [-0.25, -0.2) is 0 Å². The Hall–Kier alpha value is -0.0800. The lowest BCUT2D eigenvalue weighted by Crippen LogP contribution is -2.46. The van der Waals surface area contributed by atoms with Gasteiger partial charge in [0.2, 0.25) is 0 Å². The van der Waals surface area contributed by atoms with Crippen molar-refractivity contribution in [2.24, 2.45) is 5.92 Å². The molecule has 1 spiro atoms. The zero-order chi connectivity index (χ0) is 10.7. The minimum absolute atomic E-state index is 0.334. The summed E-state index contributed by atoms with van der Waals surface area (Å²) in [6, 6.07) is 0.627. The van der Waals surface area contributed by atoms with Crippen LogP contribution in [0.15, 0.2) is 0 Å². The maximum absolute atomic E-state index is 5.94. The second kappa shape index (κ2) is 4.84. The van der Waals surface area contributed by atoms with Crippen LogP contribution >= 0.6 is 0 Å². The zero-order valence-corrected chi connectivity index (χ0v) is 10.2. The molecule has 2 fully saturated rings. The first-order valence-corrected chi connectivity index (χ1v) is 6.58. The topological polar surface area (TPSA) is 21.3 Å². The van der Waals surface area contributed by atoms with E-state index in [-0.39, 0.29) is 0 Å². The molecule has 2 aliphatic rings. The van der Waals surface area contributed by atoms with Crippen LogP contribution in [-0.4, -0.2) is 24.8 Å². The predicted molar refractivity (Wildman–Crippen MR) is 63.0 cm³/mol. The summed E-state index contributed by atoms with van der Waals surface area (Å²) < 4.78 is 5.94. The molecule has 2 heteroatoms. The van der Waals surface area contributed by atoms with Crippen LogP contribution in [0.2, 0.25) is 0 Å². The van der Waals surface area contributed by atoms with Gasteiger partial charge in [0.1, 0.15) is 0 Å². The van der Waals surface area contributed by atoms with Gasteiger partial charge < -0.3 is 10.1 Å². The van der Waals surface area contributed by atoms with Crippen molar-refractivity contribution in [1.82, 2.24) is 5.32 Å². The van der Waals surface area contributed by atoms with Crippen molar-refractivity contribution in [3.05, 3.63) is 0 Å². The first-order chi connectivity index (χ1) is 7.20. The van der Waals surface area contributed by atoms with Gasteiger partial charge in [-0.3, -0.25) is 0 Å². The standard InChI is InChI=1S/C13H25NO/c1-11(2)14-8-4-12-5-9-15-13(10-12)6-3-7-13/h11-12,14H,3-10H2,1-2H3. The second-order valence-corrected chi connectivity index (χ2v) is 5.64. The maximum atomic E-state index is 5.94. The van der Waals surface area contributed by atoms with E-state index in [1.54, 1.807) is 0 Å². The highest BCUT2D eigenvalue weighted by atomic mass is 16.5. The molecule has 1 aliphatic carbocycles. The summed E-state index contributed by atoms with van der Waals surface area (Å²) in [6.07, 6.45) is 7.97. The third-order valence-electron chi connectivity index (χ3n) is 3.96. The minimum atomic E-state index is 0.334. The monoisotopic (exact) mass is 211 g/mol. The number of nitrogens with one attached hydrogen (secondary N) is 1. The molecule has 1 aliphatic heterocycles. The molecule has 1 unspecified atom stereocenters. The van der Waals surface area contributed by atoms with Crippen molar-refractivity contribution < 1.29 is 4.74 Å². The average molecular weight is 211 g/mol. The SMILES string of the molecule is CC(C)NCCC1CCOC2(CCC2)C1. The van der Waals surface area contributed by atoms with Crippen molar-refractivity contribution in [3.8, 4) is 0 Å². The lowest BCUT2D eigenvalue weighted by Gasteiger charge is -2.47.